The van der Waals surface area contributed by atoms with Crippen LogP contribution in [0.15, 0.2) is 24.3 Å². The number of hydrogen-bond acceptors (Lipinski definition) is 3. The van der Waals surface area contributed by atoms with Crippen LogP contribution in [0.5, 0.6) is 0 Å². The number of aryl methyl sites for hydroxylation is 2. The van der Waals surface area contributed by atoms with Crippen LogP contribution in [0.2, 0.25) is 0 Å². The topological polar surface area (TPSA) is 46.2 Å². The van der Waals surface area contributed by atoms with Gasteiger partial charge in [0.1, 0.15) is 0 Å². The summed E-state index contributed by atoms with van der Waals surface area (Å²) in [5.41, 5.74) is 2.61. The molecule has 0 fully saturated rings. The number of benzene rings is 1. The van der Waals surface area contributed by atoms with Crippen molar-refractivity contribution in [1.29, 1.82) is 0 Å². The second-order valence-corrected chi connectivity index (χ2v) is 8.99. The van der Waals surface area contributed by atoms with Crippen molar-refractivity contribution in [3.63, 3.8) is 0 Å². The van der Waals surface area contributed by atoms with Gasteiger partial charge in [-0.3, -0.25) is 0 Å². The van der Waals surface area contributed by atoms with Crippen LogP contribution < -0.4 is 5.32 Å². The van der Waals surface area contributed by atoms with E-state index < -0.39 is 14.6 Å². The first-order chi connectivity index (χ1) is 9.12. The van der Waals surface area contributed by atoms with Crippen LogP contribution in [0.3, 0.4) is 0 Å². The van der Waals surface area contributed by atoms with E-state index >= 15 is 0 Å². The van der Waals surface area contributed by atoms with Gasteiger partial charge in [0, 0.05) is 18.8 Å². The van der Waals surface area contributed by atoms with E-state index in [1.54, 1.807) is 13.8 Å². The van der Waals surface area contributed by atoms with Crippen molar-refractivity contribution < 1.29 is 8.42 Å². The second kappa shape index (κ2) is 6.72. The van der Waals surface area contributed by atoms with Gasteiger partial charge in [0.05, 0.1) is 4.75 Å². The predicted octanol–water partition coefficient (Wildman–Crippen LogP) is 2.73. The molecule has 1 aromatic rings. The van der Waals surface area contributed by atoms with E-state index in [2.05, 4.69) is 43.4 Å². The van der Waals surface area contributed by atoms with Gasteiger partial charge in [-0.05, 0) is 46.1 Å². The van der Waals surface area contributed by atoms with Gasteiger partial charge >= 0.3 is 0 Å². The van der Waals surface area contributed by atoms with Crippen LogP contribution in [-0.4, -0.2) is 32.0 Å². The molecule has 20 heavy (non-hydrogen) atoms. The van der Waals surface area contributed by atoms with E-state index in [0.717, 1.165) is 12.8 Å². The molecule has 114 valence electrons. The molecule has 1 unspecified atom stereocenters. The molecule has 0 amide bonds. The first kappa shape index (κ1) is 17.2. The van der Waals surface area contributed by atoms with Crippen molar-refractivity contribution in [3.05, 3.63) is 35.4 Å². The van der Waals surface area contributed by atoms with Crippen molar-refractivity contribution in [2.45, 2.75) is 51.3 Å². The molecule has 0 aliphatic rings. The van der Waals surface area contributed by atoms with Gasteiger partial charge in [-0.25, -0.2) is 8.42 Å². The summed E-state index contributed by atoms with van der Waals surface area (Å²) in [6.45, 7) is 8.22. The van der Waals surface area contributed by atoms with Crippen molar-refractivity contribution in [1.82, 2.24) is 5.32 Å². The molecular formula is C16H27NO2S. The van der Waals surface area contributed by atoms with Crippen molar-refractivity contribution in [2.24, 2.45) is 0 Å². The minimum absolute atomic E-state index is 0.302. The third-order valence-corrected chi connectivity index (χ3v) is 5.98. The summed E-state index contributed by atoms with van der Waals surface area (Å²) in [6, 6.07) is 8.82. The summed E-state index contributed by atoms with van der Waals surface area (Å²) in [5, 5.41) is 3.34. The highest BCUT2D eigenvalue weighted by Crippen LogP contribution is 2.14. The van der Waals surface area contributed by atoms with Gasteiger partial charge in [-0.15, -0.1) is 0 Å². The van der Waals surface area contributed by atoms with Crippen LogP contribution in [-0.2, 0) is 16.3 Å². The summed E-state index contributed by atoms with van der Waals surface area (Å²) in [6.07, 6.45) is 3.31. The summed E-state index contributed by atoms with van der Waals surface area (Å²) in [7, 11) is -3.03. The molecule has 0 radical (unpaired) electrons. The molecule has 0 bridgehead atoms. The number of sulfone groups is 1. The minimum atomic E-state index is -3.03. The molecule has 1 aromatic carbocycles. The maximum Gasteiger partial charge on any atom is 0.153 e. The maximum absolute atomic E-state index is 11.6. The Labute approximate surface area is 123 Å². The summed E-state index contributed by atoms with van der Waals surface area (Å²) >= 11 is 0. The molecule has 0 aliphatic heterocycles. The molecule has 0 saturated carbocycles. The van der Waals surface area contributed by atoms with Gasteiger partial charge in [0.15, 0.2) is 9.84 Å². The Morgan fingerprint density at radius 1 is 1.30 bits per heavy atom. The molecule has 3 nitrogen and oxygen atoms in total. The zero-order valence-electron chi connectivity index (χ0n) is 13.2. The number of rotatable bonds is 7. The van der Waals surface area contributed by atoms with Crippen molar-refractivity contribution in [2.75, 3.05) is 12.8 Å². The molecule has 1 atom stereocenters. The fraction of sp³-hybridized carbons (Fsp3) is 0.625. The predicted molar refractivity (Wildman–Crippen MR) is 85.9 cm³/mol. The summed E-state index contributed by atoms with van der Waals surface area (Å²) < 4.78 is 22.6. The van der Waals surface area contributed by atoms with E-state index in [0.29, 0.717) is 12.6 Å². The molecule has 1 rings (SSSR count). The largest absolute Gasteiger partial charge is 0.313 e. The first-order valence-corrected chi connectivity index (χ1v) is 8.99. The Balaban J connectivity index is 2.43. The Morgan fingerprint density at radius 2 is 1.95 bits per heavy atom. The van der Waals surface area contributed by atoms with Gasteiger partial charge in [-0.1, -0.05) is 29.8 Å². The quantitative estimate of drug-likeness (QED) is 0.842. The van der Waals surface area contributed by atoms with Gasteiger partial charge < -0.3 is 5.32 Å². The zero-order valence-corrected chi connectivity index (χ0v) is 14.0. The Hall–Kier alpha value is -0.870. The highest BCUT2D eigenvalue weighted by molar-refractivity contribution is 7.92. The molecule has 0 saturated heterocycles. The zero-order chi connectivity index (χ0) is 15.4. The lowest BCUT2D eigenvalue weighted by molar-refractivity contribution is 0.463. The lowest BCUT2D eigenvalue weighted by atomic mass is 10.0. The summed E-state index contributed by atoms with van der Waals surface area (Å²) in [4.78, 5) is 0. The van der Waals surface area contributed by atoms with Gasteiger partial charge in [0.25, 0.3) is 0 Å². The fourth-order valence-corrected chi connectivity index (χ4v) is 2.25. The Morgan fingerprint density at radius 3 is 2.50 bits per heavy atom. The third kappa shape index (κ3) is 5.25. The molecular weight excluding hydrogens is 270 g/mol. The minimum Gasteiger partial charge on any atom is -0.313 e. The number of nitrogens with one attached hydrogen (secondary N) is 1. The molecule has 4 heteroatoms. The highest BCUT2D eigenvalue weighted by atomic mass is 32.2. The van der Waals surface area contributed by atoms with Crippen LogP contribution in [0.25, 0.3) is 0 Å². The third-order valence-electron chi connectivity index (χ3n) is 3.83. The maximum atomic E-state index is 11.6. The van der Waals surface area contributed by atoms with Crippen LogP contribution in [0.1, 0.15) is 38.3 Å². The molecule has 0 spiro atoms. The molecule has 0 aromatic heterocycles. The standard InChI is InChI=1S/C16H27NO2S/c1-13-7-6-8-15(11-13)10-9-14(2)17-12-16(3,4)20(5,18)19/h6-8,11,14,17H,9-10,12H2,1-5H3. The number of hydrogen-bond donors (Lipinski definition) is 1. The highest BCUT2D eigenvalue weighted by Gasteiger charge is 2.29. The SMILES string of the molecule is Cc1cccc(CCC(C)NCC(C)(C)S(C)(=O)=O)c1. The van der Waals surface area contributed by atoms with Crippen LogP contribution in [0.4, 0.5) is 0 Å². The van der Waals surface area contributed by atoms with Gasteiger partial charge in [-0.2, -0.15) is 0 Å². The van der Waals surface area contributed by atoms with E-state index in [9.17, 15) is 8.42 Å². The average Bonchev–Trinajstić information content (AvgIpc) is 2.33. The van der Waals surface area contributed by atoms with Crippen molar-refractivity contribution >= 4 is 9.84 Å². The van der Waals surface area contributed by atoms with Crippen LogP contribution in [0, 0.1) is 6.92 Å². The first-order valence-electron chi connectivity index (χ1n) is 7.10. The molecule has 1 N–H and O–H groups in total. The normalized spacial score (nSPS) is 14.2. The van der Waals surface area contributed by atoms with Crippen LogP contribution >= 0.6 is 0 Å². The summed E-state index contributed by atoms with van der Waals surface area (Å²) in [5.74, 6) is 0. The van der Waals surface area contributed by atoms with Crippen molar-refractivity contribution in [3.8, 4) is 0 Å². The van der Waals surface area contributed by atoms with E-state index in [1.165, 1.54) is 17.4 Å². The monoisotopic (exact) mass is 297 g/mol. The molecule has 0 aliphatic carbocycles. The van der Waals surface area contributed by atoms with E-state index in [1.807, 2.05) is 0 Å². The van der Waals surface area contributed by atoms with Gasteiger partial charge in [0.2, 0.25) is 0 Å². The van der Waals surface area contributed by atoms with E-state index in [4.69, 9.17) is 0 Å². The fourth-order valence-electron chi connectivity index (χ4n) is 1.90. The Kier molecular flexibility index (Phi) is 5.78. The smallest absolute Gasteiger partial charge is 0.153 e. The average molecular weight is 297 g/mol. The second-order valence-electron chi connectivity index (χ2n) is 6.34. The lowest BCUT2D eigenvalue weighted by Crippen LogP contribution is -2.44. The molecule has 0 heterocycles. The lowest BCUT2D eigenvalue weighted by Gasteiger charge is -2.25. The Bertz CT molecular complexity index is 535. The van der Waals surface area contributed by atoms with E-state index in [-0.39, 0.29) is 0 Å².